The Bertz CT molecular complexity index is 575. The second-order valence-electron chi connectivity index (χ2n) is 5.40. The highest BCUT2D eigenvalue weighted by Crippen LogP contribution is 2.24. The molecule has 0 saturated carbocycles. The van der Waals surface area contributed by atoms with E-state index in [1.165, 1.54) is 4.68 Å². The Hall–Kier alpha value is -1.70. The summed E-state index contributed by atoms with van der Waals surface area (Å²) in [5.41, 5.74) is 6.37. The van der Waals surface area contributed by atoms with Crippen LogP contribution >= 0.6 is 11.8 Å². The van der Waals surface area contributed by atoms with Gasteiger partial charge in [-0.1, -0.05) is 18.7 Å². The van der Waals surface area contributed by atoms with Crippen molar-refractivity contribution in [3.05, 3.63) is 11.8 Å². The third-order valence-electron chi connectivity index (χ3n) is 3.84. The molecule has 114 valence electrons. The normalized spacial score (nSPS) is 22.6. The van der Waals surface area contributed by atoms with Crippen LogP contribution in [0.5, 0.6) is 0 Å². The molecule has 1 fully saturated rings. The number of nitrogens with two attached hydrogens (primary N) is 1. The molecule has 21 heavy (non-hydrogen) atoms. The number of amidine groups is 1. The van der Waals surface area contributed by atoms with Crippen molar-refractivity contribution in [3.8, 4) is 0 Å². The van der Waals surface area contributed by atoms with Crippen LogP contribution in [0.15, 0.2) is 11.2 Å². The van der Waals surface area contributed by atoms with Crippen LogP contribution in [-0.4, -0.2) is 68.6 Å². The number of rotatable bonds is 1. The average molecular weight is 308 g/mol. The molecule has 0 unspecified atom stereocenters. The Balaban J connectivity index is 1.61. The fraction of sp³-hybridized carbons (Fsp3) is 0.615. The van der Waals surface area contributed by atoms with Gasteiger partial charge in [-0.25, -0.2) is 0 Å². The molecule has 1 amide bonds. The van der Waals surface area contributed by atoms with E-state index in [1.54, 1.807) is 13.2 Å². The topological polar surface area (TPSA) is 79.8 Å². The van der Waals surface area contributed by atoms with Crippen molar-refractivity contribution in [2.24, 2.45) is 12.0 Å². The molecule has 0 aromatic carbocycles. The number of nitrogen functional groups attached to an aromatic ring is 1. The minimum atomic E-state index is -0.0327. The fourth-order valence-corrected chi connectivity index (χ4v) is 3.51. The molecule has 2 aliphatic heterocycles. The summed E-state index contributed by atoms with van der Waals surface area (Å²) in [6.07, 6.45) is 1.54. The van der Waals surface area contributed by atoms with E-state index in [2.05, 4.69) is 21.9 Å². The van der Waals surface area contributed by atoms with E-state index in [4.69, 9.17) is 5.73 Å². The lowest BCUT2D eigenvalue weighted by molar-refractivity contribution is 0.0694. The van der Waals surface area contributed by atoms with Gasteiger partial charge in [0.1, 0.15) is 11.4 Å². The summed E-state index contributed by atoms with van der Waals surface area (Å²) in [6.45, 7) is 6.12. The van der Waals surface area contributed by atoms with Crippen LogP contribution in [0.4, 0.5) is 5.82 Å². The summed E-state index contributed by atoms with van der Waals surface area (Å²) < 4.78 is 1.52. The molecule has 3 heterocycles. The van der Waals surface area contributed by atoms with Gasteiger partial charge in [0.25, 0.3) is 5.91 Å². The van der Waals surface area contributed by atoms with Crippen molar-refractivity contribution in [3.63, 3.8) is 0 Å². The number of carbonyl (C=O) groups is 1. The number of carbonyl (C=O) groups excluding carboxylic acids is 1. The van der Waals surface area contributed by atoms with E-state index >= 15 is 0 Å². The van der Waals surface area contributed by atoms with E-state index in [1.807, 2.05) is 16.7 Å². The smallest absolute Gasteiger partial charge is 0.259 e. The molecule has 1 atom stereocenters. The molecule has 1 saturated heterocycles. The number of aliphatic imine (C=N–C) groups is 1. The first-order valence-corrected chi connectivity index (χ1v) is 7.97. The minimum Gasteiger partial charge on any atom is -0.383 e. The molecule has 8 heteroatoms. The van der Waals surface area contributed by atoms with E-state index in [0.717, 1.165) is 24.8 Å². The van der Waals surface area contributed by atoms with E-state index in [0.29, 0.717) is 29.7 Å². The zero-order valence-corrected chi connectivity index (χ0v) is 13.1. The zero-order valence-electron chi connectivity index (χ0n) is 12.3. The Morgan fingerprint density at radius 3 is 2.62 bits per heavy atom. The second-order valence-corrected chi connectivity index (χ2v) is 6.80. The maximum atomic E-state index is 12.5. The van der Waals surface area contributed by atoms with Crippen LogP contribution in [0, 0.1) is 0 Å². The standard InChI is InChI=1S/C13H20N6OS/c1-9-7-15-13(21-9)19-5-3-18(4-6-19)12(20)10-8-16-17(2)11(10)14/h8-9H,3-7,14H2,1-2H3/t9-/m1/s1. The number of hydrogen-bond donors (Lipinski definition) is 1. The van der Waals surface area contributed by atoms with Gasteiger partial charge < -0.3 is 15.5 Å². The SMILES string of the molecule is C[C@@H]1CN=C(N2CCN(C(=O)c3cnn(C)c3N)CC2)S1. The predicted octanol–water partition coefficient (Wildman–Crippen LogP) is 0.251. The van der Waals surface area contributed by atoms with Gasteiger partial charge >= 0.3 is 0 Å². The van der Waals surface area contributed by atoms with Crippen LogP contribution in [0.3, 0.4) is 0 Å². The molecular formula is C13H20N6OS. The van der Waals surface area contributed by atoms with Gasteiger partial charge in [-0.2, -0.15) is 5.10 Å². The Kier molecular flexibility index (Phi) is 3.79. The molecule has 1 aromatic rings. The summed E-state index contributed by atoms with van der Waals surface area (Å²) in [5.74, 6) is 0.390. The fourth-order valence-electron chi connectivity index (χ4n) is 2.52. The highest BCUT2D eigenvalue weighted by Gasteiger charge is 2.28. The number of thioether (sulfide) groups is 1. The van der Waals surface area contributed by atoms with Crippen LogP contribution in [-0.2, 0) is 7.05 Å². The van der Waals surface area contributed by atoms with Crippen molar-refractivity contribution < 1.29 is 4.79 Å². The lowest BCUT2D eigenvalue weighted by Gasteiger charge is -2.35. The molecule has 1 aromatic heterocycles. The van der Waals surface area contributed by atoms with Gasteiger partial charge in [-0.05, 0) is 0 Å². The first kappa shape index (κ1) is 14.2. The third kappa shape index (κ3) is 2.72. The highest BCUT2D eigenvalue weighted by molar-refractivity contribution is 8.14. The summed E-state index contributed by atoms with van der Waals surface area (Å²) >= 11 is 1.82. The van der Waals surface area contributed by atoms with Crippen molar-refractivity contribution in [2.75, 3.05) is 38.5 Å². The van der Waals surface area contributed by atoms with E-state index in [-0.39, 0.29) is 5.91 Å². The van der Waals surface area contributed by atoms with Crippen LogP contribution in [0.1, 0.15) is 17.3 Å². The lowest BCUT2D eigenvalue weighted by Crippen LogP contribution is -2.49. The maximum absolute atomic E-state index is 12.5. The van der Waals surface area contributed by atoms with Crippen LogP contribution < -0.4 is 5.73 Å². The highest BCUT2D eigenvalue weighted by atomic mass is 32.2. The number of amides is 1. The van der Waals surface area contributed by atoms with Gasteiger partial charge in [-0.15, -0.1) is 0 Å². The summed E-state index contributed by atoms with van der Waals surface area (Å²) in [4.78, 5) is 21.1. The molecule has 2 aliphatic rings. The molecule has 0 spiro atoms. The molecular weight excluding hydrogens is 288 g/mol. The van der Waals surface area contributed by atoms with Gasteiger partial charge in [-0.3, -0.25) is 14.5 Å². The summed E-state index contributed by atoms with van der Waals surface area (Å²) in [7, 11) is 1.74. The Morgan fingerprint density at radius 1 is 1.38 bits per heavy atom. The summed E-state index contributed by atoms with van der Waals surface area (Å²) in [5, 5.41) is 5.72. The first-order valence-electron chi connectivity index (χ1n) is 7.09. The number of nitrogens with zero attached hydrogens (tertiary/aromatic N) is 5. The molecule has 2 N–H and O–H groups in total. The number of aryl methyl sites for hydroxylation is 1. The maximum Gasteiger partial charge on any atom is 0.259 e. The zero-order chi connectivity index (χ0) is 15.0. The number of piperazine rings is 1. The Labute approximate surface area is 128 Å². The second kappa shape index (κ2) is 5.59. The van der Waals surface area contributed by atoms with E-state index < -0.39 is 0 Å². The summed E-state index contributed by atoms with van der Waals surface area (Å²) in [6, 6.07) is 0. The molecule has 0 aliphatic carbocycles. The average Bonchev–Trinajstić information content (AvgIpc) is 3.06. The largest absolute Gasteiger partial charge is 0.383 e. The monoisotopic (exact) mass is 308 g/mol. The Morgan fingerprint density at radius 2 is 2.10 bits per heavy atom. The van der Waals surface area contributed by atoms with Gasteiger partial charge in [0, 0.05) is 38.5 Å². The molecule has 0 radical (unpaired) electrons. The van der Waals surface area contributed by atoms with Crippen molar-refractivity contribution in [1.29, 1.82) is 0 Å². The quantitative estimate of drug-likeness (QED) is 0.804. The first-order chi connectivity index (χ1) is 10.1. The van der Waals surface area contributed by atoms with Crippen molar-refractivity contribution >= 4 is 28.7 Å². The van der Waals surface area contributed by atoms with Crippen LogP contribution in [0.25, 0.3) is 0 Å². The van der Waals surface area contributed by atoms with Gasteiger partial charge in [0.2, 0.25) is 0 Å². The number of anilines is 1. The molecule has 3 rings (SSSR count). The van der Waals surface area contributed by atoms with Gasteiger partial charge in [0.05, 0.1) is 12.7 Å². The third-order valence-corrected chi connectivity index (χ3v) is 4.99. The van der Waals surface area contributed by atoms with Crippen LogP contribution in [0.2, 0.25) is 0 Å². The molecule has 0 bridgehead atoms. The van der Waals surface area contributed by atoms with Gasteiger partial charge in [0.15, 0.2) is 5.17 Å². The van der Waals surface area contributed by atoms with Crippen molar-refractivity contribution in [1.82, 2.24) is 19.6 Å². The van der Waals surface area contributed by atoms with E-state index in [9.17, 15) is 4.79 Å². The molecule has 7 nitrogen and oxygen atoms in total. The van der Waals surface area contributed by atoms with Crippen molar-refractivity contribution in [2.45, 2.75) is 12.2 Å². The lowest BCUT2D eigenvalue weighted by atomic mass is 10.2. The predicted molar refractivity (Wildman–Crippen MR) is 84.5 cm³/mol. The number of hydrogen-bond acceptors (Lipinski definition) is 6. The minimum absolute atomic E-state index is 0.0327. The number of aromatic nitrogens is 2.